The van der Waals surface area contributed by atoms with Gasteiger partial charge in [0, 0.05) is 18.3 Å². The molecule has 1 aromatic rings. The van der Waals surface area contributed by atoms with E-state index >= 15 is 0 Å². The molecule has 0 bridgehead atoms. The predicted molar refractivity (Wildman–Crippen MR) is 94.9 cm³/mol. The highest BCUT2D eigenvalue weighted by molar-refractivity contribution is 5.73. The minimum atomic E-state index is -1.13. The van der Waals surface area contributed by atoms with E-state index in [9.17, 15) is 4.39 Å². The summed E-state index contributed by atoms with van der Waals surface area (Å²) in [5.41, 5.74) is 6.89. The van der Waals surface area contributed by atoms with Crippen molar-refractivity contribution in [3.63, 3.8) is 0 Å². The first-order valence-corrected chi connectivity index (χ1v) is 8.71. The molecule has 0 amide bonds. The van der Waals surface area contributed by atoms with Crippen molar-refractivity contribution < 1.29 is 4.39 Å². The number of allylic oxidation sites excluding steroid dienone is 1. The number of rotatable bonds is 6. The molecule has 0 aliphatic carbocycles. The lowest BCUT2D eigenvalue weighted by molar-refractivity contribution is 0.226. The normalized spacial score (nSPS) is 24.3. The molecule has 1 fully saturated rings. The maximum absolute atomic E-state index is 13.4. The number of likely N-dealkylation sites (tertiary alicyclic amines) is 1. The molecule has 0 spiro atoms. The van der Waals surface area contributed by atoms with Gasteiger partial charge in [-0.25, -0.2) is 9.38 Å². The van der Waals surface area contributed by atoms with E-state index in [0.717, 1.165) is 25.3 Å². The van der Waals surface area contributed by atoms with Gasteiger partial charge in [-0.1, -0.05) is 18.6 Å². The number of hydrogen-bond donors (Lipinski definition) is 3. The average molecular weight is 331 g/mol. The fourth-order valence-electron chi connectivity index (χ4n) is 3.19. The van der Waals surface area contributed by atoms with Gasteiger partial charge in [0.05, 0.1) is 0 Å². The van der Waals surface area contributed by atoms with Gasteiger partial charge < -0.3 is 15.5 Å². The van der Waals surface area contributed by atoms with E-state index in [1.807, 2.05) is 6.08 Å². The maximum Gasteiger partial charge on any atom is 0.210 e. The van der Waals surface area contributed by atoms with Gasteiger partial charge in [0.25, 0.3) is 0 Å². The van der Waals surface area contributed by atoms with Gasteiger partial charge in [-0.15, -0.1) is 0 Å². The molecule has 1 aromatic carbocycles. The first-order valence-electron chi connectivity index (χ1n) is 8.71. The zero-order chi connectivity index (χ0) is 16.8. The third kappa shape index (κ3) is 4.33. The van der Waals surface area contributed by atoms with Gasteiger partial charge in [-0.05, 0) is 57.1 Å². The molecule has 0 aromatic heterocycles. The Morgan fingerprint density at radius 1 is 1.29 bits per heavy atom. The van der Waals surface area contributed by atoms with Crippen molar-refractivity contribution in [2.75, 3.05) is 26.2 Å². The van der Waals surface area contributed by atoms with Crippen LogP contribution in [0.1, 0.15) is 31.2 Å². The van der Waals surface area contributed by atoms with Crippen LogP contribution in [0.5, 0.6) is 0 Å². The van der Waals surface area contributed by atoms with E-state index in [1.165, 1.54) is 44.5 Å². The Kier molecular flexibility index (Phi) is 5.48. The molecule has 0 saturated carbocycles. The van der Waals surface area contributed by atoms with E-state index in [1.54, 1.807) is 18.3 Å². The van der Waals surface area contributed by atoms with Crippen molar-refractivity contribution in [1.82, 2.24) is 15.5 Å². The molecule has 2 heterocycles. The highest BCUT2D eigenvalue weighted by Crippen LogP contribution is 2.20. The van der Waals surface area contributed by atoms with E-state index in [4.69, 9.17) is 5.73 Å². The second kappa shape index (κ2) is 7.77. The summed E-state index contributed by atoms with van der Waals surface area (Å²) in [6.07, 6.45) is 8.59. The summed E-state index contributed by atoms with van der Waals surface area (Å²) in [5, 5.41) is 6.52. The Morgan fingerprint density at radius 2 is 2.12 bits per heavy atom. The van der Waals surface area contributed by atoms with Crippen LogP contribution >= 0.6 is 0 Å². The number of piperidine rings is 1. The quantitative estimate of drug-likeness (QED) is 0.697. The molecule has 2 aliphatic rings. The van der Waals surface area contributed by atoms with Crippen molar-refractivity contribution in [1.29, 1.82) is 0 Å². The number of nitrogens with one attached hydrogen (secondary N) is 2. The number of benzene rings is 1. The minimum Gasteiger partial charge on any atom is -0.372 e. The maximum atomic E-state index is 13.4. The zero-order valence-electron chi connectivity index (χ0n) is 14.0. The molecule has 6 heteroatoms. The number of halogens is 1. The van der Waals surface area contributed by atoms with Crippen LogP contribution in [0.15, 0.2) is 41.2 Å². The fraction of sp³-hybridized carbons (Fsp3) is 0.500. The van der Waals surface area contributed by atoms with Crippen LogP contribution in [0.2, 0.25) is 0 Å². The summed E-state index contributed by atoms with van der Waals surface area (Å²) < 4.78 is 13.4. The number of aliphatic imine (C=N–C) groups is 1. The van der Waals surface area contributed by atoms with Crippen molar-refractivity contribution in [2.45, 2.75) is 31.5 Å². The Balaban J connectivity index is 1.48. The molecular weight excluding hydrogens is 305 g/mol. The highest BCUT2D eigenvalue weighted by Gasteiger charge is 2.28. The molecule has 2 aliphatic heterocycles. The molecule has 130 valence electrons. The summed E-state index contributed by atoms with van der Waals surface area (Å²) in [4.78, 5) is 6.80. The SMILES string of the molecule is NC1(c2cccc(F)c2)N=CC=C(NCCCN2CCCCC2)N1. The minimum absolute atomic E-state index is 0.320. The largest absolute Gasteiger partial charge is 0.372 e. The molecule has 1 atom stereocenters. The fourth-order valence-corrected chi connectivity index (χ4v) is 3.19. The summed E-state index contributed by atoms with van der Waals surface area (Å²) in [6, 6.07) is 6.21. The summed E-state index contributed by atoms with van der Waals surface area (Å²) in [7, 11) is 0. The predicted octanol–water partition coefficient (Wildman–Crippen LogP) is 1.88. The van der Waals surface area contributed by atoms with Crippen molar-refractivity contribution in [3.8, 4) is 0 Å². The van der Waals surface area contributed by atoms with Gasteiger partial charge in [0.1, 0.15) is 11.6 Å². The van der Waals surface area contributed by atoms with E-state index in [0.29, 0.717) is 5.56 Å². The van der Waals surface area contributed by atoms with Gasteiger partial charge in [-0.3, -0.25) is 5.73 Å². The van der Waals surface area contributed by atoms with Crippen LogP contribution in [0.4, 0.5) is 4.39 Å². The Bertz CT molecular complexity index is 609. The van der Waals surface area contributed by atoms with Crippen LogP contribution < -0.4 is 16.4 Å². The van der Waals surface area contributed by atoms with Crippen molar-refractivity contribution >= 4 is 6.21 Å². The average Bonchev–Trinajstić information content (AvgIpc) is 2.60. The summed E-state index contributed by atoms with van der Waals surface area (Å²) >= 11 is 0. The molecule has 3 rings (SSSR count). The van der Waals surface area contributed by atoms with E-state index in [-0.39, 0.29) is 5.82 Å². The lowest BCUT2D eigenvalue weighted by Gasteiger charge is -2.32. The smallest absolute Gasteiger partial charge is 0.210 e. The van der Waals surface area contributed by atoms with Crippen LogP contribution in [-0.4, -0.2) is 37.3 Å². The Morgan fingerprint density at radius 3 is 2.92 bits per heavy atom. The van der Waals surface area contributed by atoms with Gasteiger partial charge >= 0.3 is 0 Å². The first kappa shape index (κ1) is 16.9. The van der Waals surface area contributed by atoms with Crippen LogP contribution in [-0.2, 0) is 5.79 Å². The molecule has 24 heavy (non-hydrogen) atoms. The second-order valence-corrected chi connectivity index (χ2v) is 6.44. The molecule has 0 radical (unpaired) electrons. The van der Waals surface area contributed by atoms with Gasteiger partial charge in [0.2, 0.25) is 5.79 Å². The topological polar surface area (TPSA) is 65.7 Å². The first-order chi connectivity index (χ1) is 11.7. The van der Waals surface area contributed by atoms with Crippen LogP contribution in [0.25, 0.3) is 0 Å². The van der Waals surface area contributed by atoms with Crippen LogP contribution in [0, 0.1) is 5.82 Å². The number of nitrogens with two attached hydrogens (primary N) is 1. The number of nitrogens with zero attached hydrogens (tertiary/aromatic N) is 2. The van der Waals surface area contributed by atoms with E-state index in [2.05, 4.69) is 20.5 Å². The molecule has 5 nitrogen and oxygen atoms in total. The molecule has 1 unspecified atom stereocenters. The lowest BCUT2D eigenvalue weighted by Crippen LogP contribution is -2.52. The third-order valence-electron chi connectivity index (χ3n) is 4.52. The summed E-state index contributed by atoms with van der Waals surface area (Å²) in [6.45, 7) is 4.42. The van der Waals surface area contributed by atoms with Crippen molar-refractivity contribution in [2.24, 2.45) is 10.7 Å². The van der Waals surface area contributed by atoms with Gasteiger partial charge in [-0.2, -0.15) is 0 Å². The monoisotopic (exact) mass is 331 g/mol. The Labute approximate surface area is 142 Å². The van der Waals surface area contributed by atoms with Crippen molar-refractivity contribution in [3.05, 3.63) is 47.5 Å². The second-order valence-electron chi connectivity index (χ2n) is 6.44. The zero-order valence-corrected chi connectivity index (χ0v) is 14.0. The number of hydrogen-bond acceptors (Lipinski definition) is 5. The molecule has 1 saturated heterocycles. The van der Waals surface area contributed by atoms with Crippen LogP contribution in [0.3, 0.4) is 0 Å². The van der Waals surface area contributed by atoms with E-state index < -0.39 is 5.79 Å². The lowest BCUT2D eigenvalue weighted by atomic mass is 10.1. The summed E-state index contributed by atoms with van der Waals surface area (Å²) in [5.74, 6) is -0.637. The molecule has 4 N–H and O–H groups in total. The highest BCUT2D eigenvalue weighted by atomic mass is 19.1. The standard InChI is InChI=1S/C18H26FN5/c19-16-7-4-6-15(14-16)18(20)22-10-8-17(23-18)21-9-5-13-24-11-2-1-3-12-24/h4,6-8,10,14,21,23H,1-3,5,9,11-13,20H2. The molecular formula is C18H26FN5. The third-order valence-corrected chi connectivity index (χ3v) is 4.52. The Hall–Kier alpha value is -1.92. The van der Waals surface area contributed by atoms with Gasteiger partial charge in [0.15, 0.2) is 0 Å².